The summed E-state index contributed by atoms with van der Waals surface area (Å²) in [5.41, 5.74) is 2.12. The molecule has 1 aliphatic heterocycles. The second-order valence-corrected chi connectivity index (χ2v) is 21.0. The lowest BCUT2D eigenvalue weighted by Crippen LogP contribution is -2.34. The molecule has 202 valence electrons. The predicted molar refractivity (Wildman–Crippen MR) is 167 cm³/mol. The van der Waals surface area contributed by atoms with E-state index >= 15 is 0 Å². The van der Waals surface area contributed by atoms with Gasteiger partial charge >= 0.3 is 0 Å². The molecule has 1 fully saturated rings. The molecule has 2 atom stereocenters. The van der Waals surface area contributed by atoms with Crippen LogP contribution in [0.3, 0.4) is 0 Å². The molecule has 0 aliphatic carbocycles. The van der Waals surface area contributed by atoms with Crippen molar-refractivity contribution in [3.63, 3.8) is 0 Å². The number of thioether (sulfide) groups is 4. The van der Waals surface area contributed by atoms with Gasteiger partial charge in [-0.25, -0.2) is 16.8 Å². The van der Waals surface area contributed by atoms with Crippen LogP contribution in [0.15, 0.2) is 129 Å². The summed E-state index contributed by atoms with van der Waals surface area (Å²) in [6.45, 7) is 3.94. The number of benzene rings is 4. The molecule has 0 spiro atoms. The van der Waals surface area contributed by atoms with E-state index in [1.54, 1.807) is 60.7 Å². The summed E-state index contributed by atoms with van der Waals surface area (Å²) in [6.07, 6.45) is 0. The summed E-state index contributed by atoms with van der Waals surface area (Å²) in [5, 5.41) is 0. The van der Waals surface area contributed by atoms with Crippen molar-refractivity contribution in [2.24, 2.45) is 0 Å². The van der Waals surface area contributed by atoms with Crippen molar-refractivity contribution in [1.29, 1.82) is 0 Å². The van der Waals surface area contributed by atoms with Crippen LogP contribution in [0.2, 0.25) is 0 Å². The van der Waals surface area contributed by atoms with E-state index in [1.165, 1.54) is 35.3 Å². The van der Waals surface area contributed by atoms with Crippen molar-refractivity contribution in [1.82, 2.24) is 0 Å². The fourth-order valence-electron chi connectivity index (χ4n) is 3.96. The Bertz CT molecular complexity index is 1530. The molecule has 5 rings (SSSR count). The Morgan fingerprint density at radius 3 is 1.51 bits per heavy atom. The second-order valence-electron chi connectivity index (χ2n) is 9.04. The monoisotopic (exact) mass is 630 g/mol. The molecule has 1 aliphatic rings. The summed E-state index contributed by atoms with van der Waals surface area (Å²) >= 11 is 4.61. The third-order valence-electron chi connectivity index (χ3n) is 6.11. The maximum absolute atomic E-state index is 14.4. The van der Waals surface area contributed by atoms with Gasteiger partial charge in [0, 0.05) is 15.5 Å². The van der Waals surface area contributed by atoms with E-state index in [2.05, 4.69) is 0 Å². The lowest BCUT2D eigenvalue weighted by molar-refractivity contribution is 0.593. The first kappa shape index (κ1) is 28.7. The van der Waals surface area contributed by atoms with Crippen molar-refractivity contribution in [3.05, 3.63) is 120 Å². The Morgan fingerprint density at radius 2 is 1.03 bits per heavy atom. The van der Waals surface area contributed by atoms with Gasteiger partial charge in [-0.05, 0) is 62.4 Å². The molecule has 0 saturated carbocycles. The maximum atomic E-state index is 14.4. The molecule has 10 heteroatoms. The number of hydrogen-bond donors (Lipinski definition) is 0. The van der Waals surface area contributed by atoms with Crippen molar-refractivity contribution in [2.45, 2.75) is 39.6 Å². The molecule has 0 amide bonds. The van der Waals surface area contributed by atoms with E-state index in [0.29, 0.717) is 0 Å². The lowest BCUT2D eigenvalue weighted by Gasteiger charge is -2.31. The fraction of sp³-hybridized carbons (Fsp3) is 0.172. The van der Waals surface area contributed by atoms with Gasteiger partial charge in [-0.2, -0.15) is 0 Å². The Balaban J connectivity index is 1.68. The highest BCUT2D eigenvalue weighted by Gasteiger charge is 2.64. The van der Waals surface area contributed by atoms with Crippen molar-refractivity contribution in [2.75, 3.05) is 5.75 Å². The van der Waals surface area contributed by atoms with Crippen LogP contribution in [0, 0.1) is 13.8 Å². The number of aryl methyl sites for hydroxylation is 2. The SMILES string of the molecule is Cc1ccc(SC2(S(=O)(=O)c3ccccc3)CSC(Sc3ccc(C)cc3)(S(=O)(=O)c3ccccc3)S2)cc1. The fourth-order valence-corrected chi connectivity index (χ4v) is 18.8. The van der Waals surface area contributed by atoms with Crippen molar-refractivity contribution < 1.29 is 16.8 Å². The van der Waals surface area contributed by atoms with Crippen LogP contribution in [0.1, 0.15) is 11.1 Å². The molecule has 1 heterocycles. The standard InChI is InChI=1S/C29H26O4S6/c1-22-13-17-24(18-14-22)35-28(38(30,31)26-9-5-3-6-10-26)21-34-29(37-28,36-25-19-15-23(2)16-20-25)39(32,33)27-11-7-4-8-12-27/h3-20H,21H2,1-2H3. The summed E-state index contributed by atoms with van der Waals surface area (Å²) in [5.74, 6) is 0.0817. The molecule has 0 radical (unpaired) electrons. The van der Waals surface area contributed by atoms with E-state index in [4.69, 9.17) is 0 Å². The predicted octanol–water partition coefficient (Wildman–Crippen LogP) is 7.88. The van der Waals surface area contributed by atoms with Crippen LogP contribution in [-0.4, -0.2) is 28.7 Å². The van der Waals surface area contributed by atoms with Gasteiger partial charge < -0.3 is 0 Å². The summed E-state index contributed by atoms with van der Waals surface area (Å²) in [6, 6.07) is 31.9. The normalized spacial score (nSPS) is 21.6. The van der Waals surface area contributed by atoms with E-state index < -0.39 is 25.8 Å². The Morgan fingerprint density at radius 1 is 0.590 bits per heavy atom. The number of sulfone groups is 2. The average molecular weight is 631 g/mol. The highest BCUT2D eigenvalue weighted by atomic mass is 32.4. The minimum absolute atomic E-state index is 0.0817. The smallest absolute Gasteiger partial charge is 0.220 e. The van der Waals surface area contributed by atoms with Gasteiger partial charge in [0.25, 0.3) is 0 Å². The molecule has 39 heavy (non-hydrogen) atoms. The zero-order valence-electron chi connectivity index (χ0n) is 21.2. The topological polar surface area (TPSA) is 68.3 Å². The first-order valence-corrected chi connectivity index (χ1v) is 18.4. The molecule has 0 bridgehead atoms. The van der Waals surface area contributed by atoms with Crippen LogP contribution in [-0.2, 0) is 19.7 Å². The molecule has 1 saturated heterocycles. The number of hydrogen-bond acceptors (Lipinski definition) is 8. The van der Waals surface area contributed by atoms with Gasteiger partial charge in [-0.3, -0.25) is 0 Å². The molecule has 0 N–H and O–H groups in total. The van der Waals surface area contributed by atoms with E-state index in [-0.39, 0.29) is 15.5 Å². The van der Waals surface area contributed by atoms with Crippen LogP contribution >= 0.6 is 47.0 Å². The lowest BCUT2D eigenvalue weighted by atomic mass is 10.2. The van der Waals surface area contributed by atoms with Crippen LogP contribution in [0.4, 0.5) is 0 Å². The molecule has 0 aromatic heterocycles. The maximum Gasteiger partial charge on any atom is 0.220 e. The van der Waals surface area contributed by atoms with Crippen molar-refractivity contribution in [3.8, 4) is 0 Å². The largest absolute Gasteiger partial charge is 0.221 e. The van der Waals surface area contributed by atoms with Gasteiger partial charge in [0.2, 0.25) is 22.4 Å². The average Bonchev–Trinajstić information content (AvgIpc) is 3.34. The molecular weight excluding hydrogens is 605 g/mol. The first-order valence-electron chi connectivity index (χ1n) is 12.0. The Hall–Kier alpha value is -1.82. The third-order valence-corrected chi connectivity index (χ3v) is 20.3. The minimum atomic E-state index is -4.01. The summed E-state index contributed by atoms with van der Waals surface area (Å²) in [4.78, 5) is 1.86. The molecule has 4 aromatic rings. The summed E-state index contributed by atoms with van der Waals surface area (Å²) < 4.78 is 54.6. The molecule has 4 nitrogen and oxygen atoms in total. The van der Waals surface area contributed by atoms with E-state index in [9.17, 15) is 16.8 Å². The summed E-state index contributed by atoms with van der Waals surface area (Å²) in [7, 11) is -8.00. The van der Waals surface area contributed by atoms with Gasteiger partial charge in [0.05, 0.1) is 9.79 Å². The van der Waals surface area contributed by atoms with Crippen LogP contribution in [0.5, 0.6) is 0 Å². The number of rotatable bonds is 8. The van der Waals surface area contributed by atoms with Crippen LogP contribution in [0.25, 0.3) is 0 Å². The highest BCUT2D eigenvalue weighted by molar-refractivity contribution is 8.53. The molecular formula is C29H26O4S6. The Kier molecular flexibility index (Phi) is 8.25. The van der Waals surface area contributed by atoms with Gasteiger partial charge in [-0.15, -0.1) is 11.8 Å². The van der Waals surface area contributed by atoms with Gasteiger partial charge in [-0.1, -0.05) is 107 Å². The molecule has 4 aromatic carbocycles. The third kappa shape index (κ3) is 5.56. The van der Waals surface area contributed by atoms with E-state index in [1.807, 2.05) is 62.4 Å². The first-order chi connectivity index (χ1) is 18.6. The van der Waals surface area contributed by atoms with Crippen LogP contribution < -0.4 is 0 Å². The minimum Gasteiger partial charge on any atom is -0.221 e. The molecule has 2 unspecified atom stereocenters. The quantitative estimate of drug-likeness (QED) is 0.195. The Labute approximate surface area is 247 Å². The zero-order chi connectivity index (χ0) is 27.7. The van der Waals surface area contributed by atoms with Crippen molar-refractivity contribution >= 4 is 66.7 Å². The van der Waals surface area contributed by atoms with Gasteiger partial charge in [0.1, 0.15) is 0 Å². The second kappa shape index (κ2) is 11.2. The zero-order valence-corrected chi connectivity index (χ0v) is 26.1. The highest BCUT2D eigenvalue weighted by Crippen LogP contribution is 2.70. The van der Waals surface area contributed by atoms with Gasteiger partial charge in [0.15, 0.2) is 3.41 Å². The van der Waals surface area contributed by atoms with E-state index in [0.717, 1.165) is 32.7 Å².